The number of ether oxygens (including phenoxy) is 1. The van der Waals surface area contributed by atoms with Crippen LogP contribution >= 0.6 is 11.8 Å². The summed E-state index contributed by atoms with van der Waals surface area (Å²) in [6.07, 6.45) is 1.97. The molecule has 0 bridgehead atoms. The second-order valence-electron chi connectivity index (χ2n) is 2.87. The Morgan fingerprint density at radius 2 is 2.14 bits per heavy atom. The van der Waals surface area contributed by atoms with E-state index in [-0.39, 0.29) is 0 Å². The lowest BCUT2D eigenvalue weighted by Crippen LogP contribution is -2.32. The van der Waals surface area contributed by atoms with Crippen molar-refractivity contribution in [2.24, 2.45) is 0 Å². The van der Waals surface area contributed by atoms with Gasteiger partial charge in [0.25, 0.3) is 0 Å². The lowest BCUT2D eigenvalue weighted by atomic mass is 9.77. The van der Waals surface area contributed by atoms with E-state index in [0.717, 1.165) is 17.1 Å². The largest absolute Gasteiger partial charge is 0.497 e. The summed E-state index contributed by atoms with van der Waals surface area (Å²) in [4.78, 5) is 0. The van der Waals surface area contributed by atoms with Crippen molar-refractivity contribution in [2.75, 3.05) is 13.4 Å². The van der Waals surface area contributed by atoms with Crippen molar-refractivity contribution in [3.63, 3.8) is 0 Å². The van der Waals surface area contributed by atoms with Gasteiger partial charge in [0.05, 0.1) is 7.11 Å². The number of hydrogen-bond acceptors (Lipinski definition) is 4. The van der Waals surface area contributed by atoms with Crippen molar-refractivity contribution in [1.82, 2.24) is 0 Å². The van der Waals surface area contributed by atoms with E-state index in [1.165, 1.54) is 0 Å². The molecule has 0 aromatic heterocycles. The molecule has 0 radical (unpaired) electrons. The maximum atomic E-state index is 9.10. The van der Waals surface area contributed by atoms with Gasteiger partial charge in [-0.25, -0.2) is 0 Å². The molecule has 0 spiro atoms. The van der Waals surface area contributed by atoms with Crippen LogP contribution < -0.4 is 10.2 Å². The highest BCUT2D eigenvalue weighted by Gasteiger charge is 2.15. The van der Waals surface area contributed by atoms with Crippen molar-refractivity contribution in [2.45, 2.75) is 5.75 Å². The minimum Gasteiger partial charge on any atom is -0.497 e. The first-order valence-corrected chi connectivity index (χ1v) is 5.60. The maximum absolute atomic E-state index is 9.10. The van der Waals surface area contributed by atoms with Crippen LogP contribution in [0, 0.1) is 0 Å². The molecule has 5 heteroatoms. The molecule has 0 amide bonds. The molecule has 2 N–H and O–H groups in total. The van der Waals surface area contributed by atoms with Crippen LogP contribution in [0.1, 0.15) is 5.56 Å². The highest BCUT2D eigenvalue weighted by molar-refractivity contribution is 7.97. The molecule has 14 heavy (non-hydrogen) atoms. The number of hydrogen-bond donors (Lipinski definition) is 2. The van der Waals surface area contributed by atoms with Crippen molar-refractivity contribution < 1.29 is 14.8 Å². The summed E-state index contributed by atoms with van der Waals surface area (Å²) in [7, 11) is 0.177. The number of methoxy groups -OCH3 is 1. The third kappa shape index (κ3) is 2.67. The minimum absolute atomic E-state index is 0.542. The molecule has 1 aromatic rings. The van der Waals surface area contributed by atoms with Crippen molar-refractivity contribution >= 4 is 24.3 Å². The van der Waals surface area contributed by atoms with E-state index in [1.54, 1.807) is 31.0 Å². The van der Waals surface area contributed by atoms with Crippen LogP contribution in [0.3, 0.4) is 0 Å². The first kappa shape index (κ1) is 11.4. The second-order valence-corrected chi connectivity index (χ2v) is 3.74. The number of benzene rings is 1. The molecule has 0 atom stereocenters. The fourth-order valence-corrected chi connectivity index (χ4v) is 1.80. The first-order valence-electron chi connectivity index (χ1n) is 4.21. The van der Waals surface area contributed by atoms with E-state index in [4.69, 9.17) is 14.8 Å². The Bertz CT molecular complexity index is 304. The van der Waals surface area contributed by atoms with Crippen LogP contribution in [-0.2, 0) is 5.75 Å². The van der Waals surface area contributed by atoms with Gasteiger partial charge in [0, 0.05) is 5.75 Å². The van der Waals surface area contributed by atoms with Crippen LogP contribution in [0.15, 0.2) is 18.2 Å². The van der Waals surface area contributed by atoms with Gasteiger partial charge in [0.15, 0.2) is 0 Å². The monoisotopic (exact) mass is 212 g/mol. The second kappa shape index (κ2) is 5.29. The number of rotatable bonds is 4. The standard InChI is InChI=1S/C9H13BO3S/c1-13-8-3-4-9(10(11)12)7(5-8)6-14-2/h3-5,11-12H,6H2,1-2H3. The lowest BCUT2D eigenvalue weighted by molar-refractivity contribution is 0.413. The zero-order valence-electron chi connectivity index (χ0n) is 8.23. The zero-order chi connectivity index (χ0) is 10.6. The Morgan fingerprint density at radius 1 is 1.43 bits per heavy atom. The van der Waals surface area contributed by atoms with Crippen molar-refractivity contribution in [1.29, 1.82) is 0 Å². The Labute approximate surface area is 88.2 Å². The molecule has 76 valence electrons. The predicted octanol–water partition coefficient (Wildman–Crippen LogP) is 0.238. The van der Waals surface area contributed by atoms with Gasteiger partial charge in [-0.1, -0.05) is 6.07 Å². The van der Waals surface area contributed by atoms with E-state index < -0.39 is 7.12 Å². The van der Waals surface area contributed by atoms with Crippen molar-refractivity contribution in [3.8, 4) is 5.75 Å². The first-order chi connectivity index (χ1) is 6.69. The molecule has 0 saturated carbocycles. The van der Waals surface area contributed by atoms with Gasteiger partial charge in [-0.15, -0.1) is 0 Å². The smallest absolute Gasteiger partial charge is 0.488 e. The van der Waals surface area contributed by atoms with Gasteiger partial charge in [-0.05, 0) is 29.4 Å². The molecule has 0 fully saturated rings. The van der Waals surface area contributed by atoms with E-state index in [9.17, 15) is 0 Å². The molecule has 0 aliphatic carbocycles. The summed E-state index contributed by atoms with van der Waals surface area (Å²) < 4.78 is 5.06. The molecule has 0 unspecified atom stereocenters. The summed E-state index contributed by atoms with van der Waals surface area (Å²) >= 11 is 1.63. The van der Waals surface area contributed by atoms with Crippen LogP contribution in [-0.4, -0.2) is 30.5 Å². The fraction of sp³-hybridized carbons (Fsp3) is 0.333. The molecule has 1 aromatic carbocycles. The fourth-order valence-electron chi connectivity index (χ4n) is 1.24. The van der Waals surface area contributed by atoms with Crippen molar-refractivity contribution in [3.05, 3.63) is 23.8 Å². The summed E-state index contributed by atoms with van der Waals surface area (Å²) in [6.45, 7) is 0. The van der Waals surface area contributed by atoms with Gasteiger partial charge in [0.2, 0.25) is 0 Å². The highest BCUT2D eigenvalue weighted by atomic mass is 32.2. The minimum atomic E-state index is -1.41. The number of thioether (sulfide) groups is 1. The van der Waals surface area contributed by atoms with E-state index in [1.807, 2.05) is 12.3 Å². The van der Waals surface area contributed by atoms with Gasteiger partial charge >= 0.3 is 7.12 Å². The summed E-state index contributed by atoms with van der Waals surface area (Å²) in [6, 6.07) is 5.22. The van der Waals surface area contributed by atoms with E-state index >= 15 is 0 Å². The Hall–Kier alpha value is -0.645. The Balaban J connectivity index is 3.03. The summed E-state index contributed by atoms with van der Waals surface area (Å²) in [5.74, 6) is 1.47. The third-order valence-corrected chi connectivity index (χ3v) is 2.53. The maximum Gasteiger partial charge on any atom is 0.488 e. The summed E-state index contributed by atoms with van der Waals surface area (Å²) in [5, 5.41) is 18.2. The predicted molar refractivity (Wildman–Crippen MR) is 60.0 cm³/mol. The topological polar surface area (TPSA) is 49.7 Å². The van der Waals surface area contributed by atoms with Gasteiger partial charge < -0.3 is 14.8 Å². The Kier molecular flexibility index (Phi) is 4.32. The molecular weight excluding hydrogens is 199 g/mol. The van der Waals surface area contributed by atoms with E-state index in [0.29, 0.717) is 5.46 Å². The SMILES string of the molecule is COc1ccc(B(O)O)c(CSC)c1. The van der Waals surface area contributed by atoms with E-state index in [2.05, 4.69) is 0 Å². The van der Waals surface area contributed by atoms with Crippen LogP contribution in [0.4, 0.5) is 0 Å². The summed E-state index contributed by atoms with van der Waals surface area (Å²) in [5.41, 5.74) is 1.44. The molecule has 3 nitrogen and oxygen atoms in total. The molecule has 1 rings (SSSR count). The van der Waals surface area contributed by atoms with Crippen LogP contribution in [0.25, 0.3) is 0 Å². The average molecular weight is 212 g/mol. The van der Waals surface area contributed by atoms with Gasteiger partial charge in [-0.2, -0.15) is 11.8 Å². The molecular formula is C9H13BO3S. The average Bonchev–Trinajstić information content (AvgIpc) is 2.17. The lowest BCUT2D eigenvalue weighted by Gasteiger charge is -2.09. The Morgan fingerprint density at radius 3 is 2.64 bits per heavy atom. The zero-order valence-corrected chi connectivity index (χ0v) is 9.04. The molecule has 0 aliphatic rings. The highest BCUT2D eigenvalue weighted by Crippen LogP contribution is 2.15. The normalized spacial score (nSPS) is 10.0. The van der Waals surface area contributed by atoms with Gasteiger partial charge in [0.1, 0.15) is 5.75 Å². The molecule has 0 saturated heterocycles. The molecule has 0 heterocycles. The van der Waals surface area contributed by atoms with Gasteiger partial charge in [-0.3, -0.25) is 0 Å². The quantitative estimate of drug-likeness (QED) is 0.702. The van der Waals surface area contributed by atoms with Crippen LogP contribution in [0.5, 0.6) is 5.75 Å². The van der Waals surface area contributed by atoms with Crippen LogP contribution in [0.2, 0.25) is 0 Å². The molecule has 0 aliphatic heterocycles. The third-order valence-electron chi connectivity index (χ3n) is 1.93.